The van der Waals surface area contributed by atoms with E-state index < -0.39 is 11.8 Å². The first-order valence-electron chi connectivity index (χ1n) is 13.2. The fourth-order valence-electron chi connectivity index (χ4n) is 3.82. The summed E-state index contributed by atoms with van der Waals surface area (Å²) in [6, 6.07) is 30.1. The van der Waals surface area contributed by atoms with Gasteiger partial charge >= 0.3 is 0 Å². The van der Waals surface area contributed by atoms with E-state index in [2.05, 4.69) is 16.0 Å². The third-order valence-corrected chi connectivity index (χ3v) is 6.86. The lowest BCUT2D eigenvalue weighted by atomic mass is 10.1. The summed E-state index contributed by atoms with van der Waals surface area (Å²) < 4.78 is 10.6. The maximum Gasteiger partial charge on any atom is 0.272 e. The molecule has 3 amide bonds. The Morgan fingerprint density at radius 2 is 1.50 bits per heavy atom. The summed E-state index contributed by atoms with van der Waals surface area (Å²) in [4.78, 5) is 39.5. The minimum absolute atomic E-state index is 0.0711. The zero-order chi connectivity index (χ0) is 29.7. The Morgan fingerprint density at radius 1 is 0.786 bits per heavy atom. The van der Waals surface area contributed by atoms with Crippen LogP contribution in [0.4, 0.5) is 11.4 Å². The number of methoxy groups -OCH3 is 1. The number of ether oxygens (including phenoxy) is 2. The van der Waals surface area contributed by atoms with Crippen LogP contribution in [0.25, 0.3) is 6.08 Å². The predicted octanol–water partition coefficient (Wildman–Crippen LogP) is 6.23. The Labute approximate surface area is 249 Å². The number of amides is 3. The largest absolute Gasteiger partial charge is 0.497 e. The van der Waals surface area contributed by atoms with E-state index in [1.807, 2.05) is 19.1 Å². The lowest BCUT2D eigenvalue weighted by molar-refractivity contribution is -0.114. The molecule has 0 spiro atoms. The Morgan fingerprint density at radius 3 is 2.19 bits per heavy atom. The Bertz CT molecular complexity index is 1540. The summed E-state index contributed by atoms with van der Waals surface area (Å²) in [5.41, 5.74) is 2.40. The van der Waals surface area contributed by atoms with Crippen molar-refractivity contribution in [3.05, 3.63) is 120 Å². The van der Waals surface area contributed by atoms with Gasteiger partial charge in [-0.15, -0.1) is 11.8 Å². The van der Waals surface area contributed by atoms with Crippen molar-refractivity contribution in [3.8, 4) is 11.5 Å². The van der Waals surface area contributed by atoms with Crippen LogP contribution in [0.5, 0.6) is 11.5 Å². The van der Waals surface area contributed by atoms with Gasteiger partial charge in [-0.1, -0.05) is 36.4 Å². The molecule has 0 bridgehead atoms. The molecule has 0 saturated carbocycles. The smallest absolute Gasteiger partial charge is 0.272 e. The first-order valence-corrected chi connectivity index (χ1v) is 14.2. The second-order valence-electron chi connectivity index (χ2n) is 8.93. The molecule has 0 aliphatic carbocycles. The highest BCUT2D eigenvalue weighted by Gasteiger charge is 2.15. The first-order chi connectivity index (χ1) is 20.4. The van der Waals surface area contributed by atoms with Crippen LogP contribution in [0.15, 0.2) is 114 Å². The van der Waals surface area contributed by atoms with Crippen LogP contribution in [0.1, 0.15) is 22.8 Å². The lowest BCUT2D eigenvalue weighted by Gasteiger charge is -2.12. The van der Waals surface area contributed by atoms with Crippen molar-refractivity contribution in [2.75, 3.05) is 30.1 Å². The fraction of sp³-hybridized carbons (Fsp3) is 0.121. The first kappa shape index (κ1) is 30.0. The third-order valence-electron chi connectivity index (χ3n) is 5.87. The number of carbonyl (C=O) groups is 3. The quantitative estimate of drug-likeness (QED) is 0.135. The number of carbonyl (C=O) groups excluding carboxylic acids is 3. The molecule has 9 heteroatoms. The molecule has 0 aliphatic heterocycles. The lowest BCUT2D eigenvalue weighted by Crippen LogP contribution is -2.30. The summed E-state index contributed by atoms with van der Waals surface area (Å²) in [7, 11) is 1.57. The molecule has 4 aromatic rings. The number of nitrogens with one attached hydrogen (secondary N) is 3. The van der Waals surface area contributed by atoms with Crippen molar-refractivity contribution in [1.29, 1.82) is 0 Å². The number of rotatable bonds is 12. The fourth-order valence-corrected chi connectivity index (χ4v) is 4.57. The van der Waals surface area contributed by atoms with Gasteiger partial charge in [0.15, 0.2) is 0 Å². The van der Waals surface area contributed by atoms with E-state index in [1.165, 1.54) is 11.8 Å². The molecule has 0 saturated heterocycles. The summed E-state index contributed by atoms with van der Waals surface area (Å²) in [5, 5.41) is 8.45. The van der Waals surface area contributed by atoms with Gasteiger partial charge in [-0.2, -0.15) is 0 Å². The predicted molar refractivity (Wildman–Crippen MR) is 167 cm³/mol. The number of anilines is 2. The van der Waals surface area contributed by atoms with E-state index in [0.29, 0.717) is 34.9 Å². The Hall–Kier alpha value is -5.02. The van der Waals surface area contributed by atoms with Crippen LogP contribution in [-0.2, 0) is 9.59 Å². The zero-order valence-electron chi connectivity index (χ0n) is 23.3. The van der Waals surface area contributed by atoms with Crippen LogP contribution < -0.4 is 25.4 Å². The van der Waals surface area contributed by atoms with Gasteiger partial charge in [0.05, 0.1) is 19.5 Å². The van der Waals surface area contributed by atoms with Gasteiger partial charge in [0.2, 0.25) is 5.91 Å². The topological polar surface area (TPSA) is 106 Å². The minimum Gasteiger partial charge on any atom is -0.497 e. The molecule has 4 rings (SSSR count). The van der Waals surface area contributed by atoms with E-state index in [9.17, 15) is 14.4 Å². The molecule has 42 heavy (non-hydrogen) atoms. The summed E-state index contributed by atoms with van der Waals surface area (Å²) in [6.45, 7) is 2.49. The molecular formula is C33H31N3O5S. The SMILES string of the molecule is CCOc1ccc(NC(=O)CSc2cccc(NC(=O)/C(=C\c3ccc(OC)cc3)NC(=O)c3ccccc3)c2)cc1. The van der Waals surface area contributed by atoms with E-state index >= 15 is 0 Å². The van der Waals surface area contributed by atoms with E-state index in [4.69, 9.17) is 9.47 Å². The third kappa shape index (κ3) is 9.00. The van der Waals surface area contributed by atoms with E-state index in [1.54, 1.807) is 104 Å². The van der Waals surface area contributed by atoms with Gasteiger partial charge in [0, 0.05) is 21.8 Å². The van der Waals surface area contributed by atoms with Gasteiger partial charge < -0.3 is 25.4 Å². The standard InChI is InChI=1S/C33H31N3O5S/c1-3-41-28-18-14-25(15-19-28)34-31(37)22-42-29-11-7-10-26(21-29)35-33(39)30(20-23-12-16-27(40-2)17-13-23)36-32(38)24-8-5-4-6-9-24/h4-21H,3,22H2,1-2H3,(H,34,37)(H,35,39)(H,36,38)/b30-20+. The molecule has 0 aromatic heterocycles. The summed E-state index contributed by atoms with van der Waals surface area (Å²) in [6.07, 6.45) is 1.60. The molecule has 0 heterocycles. The Kier molecular flexibility index (Phi) is 10.8. The van der Waals surface area contributed by atoms with Gasteiger partial charge in [-0.25, -0.2) is 0 Å². The van der Waals surface area contributed by atoms with Crippen LogP contribution in [0.3, 0.4) is 0 Å². The molecule has 0 unspecified atom stereocenters. The number of hydrogen-bond donors (Lipinski definition) is 3. The van der Waals surface area contributed by atoms with Crippen LogP contribution in [0, 0.1) is 0 Å². The highest BCUT2D eigenvalue weighted by molar-refractivity contribution is 8.00. The molecule has 0 fully saturated rings. The number of benzene rings is 4. The van der Waals surface area contributed by atoms with Crippen LogP contribution >= 0.6 is 11.8 Å². The highest BCUT2D eigenvalue weighted by atomic mass is 32.2. The maximum atomic E-state index is 13.4. The maximum absolute atomic E-state index is 13.4. The van der Waals surface area contributed by atoms with Gasteiger partial charge in [0.25, 0.3) is 11.8 Å². The molecule has 0 atom stereocenters. The van der Waals surface area contributed by atoms with E-state index in [0.717, 1.165) is 10.6 Å². The monoisotopic (exact) mass is 581 g/mol. The van der Waals surface area contributed by atoms with Crippen LogP contribution in [0.2, 0.25) is 0 Å². The van der Waals surface area contributed by atoms with Crippen molar-refractivity contribution in [2.45, 2.75) is 11.8 Å². The van der Waals surface area contributed by atoms with Gasteiger partial charge in [-0.3, -0.25) is 14.4 Å². The number of thioether (sulfide) groups is 1. The second kappa shape index (κ2) is 15.1. The molecule has 214 valence electrons. The van der Waals surface area contributed by atoms with Gasteiger partial charge in [-0.05, 0) is 85.3 Å². The van der Waals surface area contributed by atoms with Crippen LogP contribution in [-0.4, -0.2) is 37.2 Å². The van der Waals surface area contributed by atoms with Crippen molar-refractivity contribution < 1.29 is 23.9 Å². The number of hydrogen-bond acceptors (Lipinski definition) is 6. The molecule has 0 radical (unpaired) electrons. The molecule has 8 nitrogen and oxygen atoms in total. The average molecular weight is 582 g/mol. The van der Waals surface area contributed by atoms with Gasteiger partial charge in [0.1, 0.15) is 17.2 Å². The molecule has 3 N–H and O–H groups in total. The highest BCUT2D eigenvalue weighted by Crippen LogP contribution is 2.23. The molecule has 0 aliphatic rings. The van der Waals surface area contributed by atoms with Crippen molar-refractivity contribution in [3.63, 3.8) is 0 Å². The van der Waals surface area contributed by atoms with E-state index in [-0.39, 0.29) is 17.4 Å². The summed E-state index contributed by atoms with van der Waals surface area (Å²) in [5.74, 6) is 0.533. The van der Waals surface area contributed by atoms with Crippen molar-refractivity contribution in [2.24, 2.45) is 0 Å². The normalized spacial score (nSPS) is 10.9. The molecular weight excluding hydrogens is 550 g/mol. The Balaban J connectivity index is 1.42. The average Bonchev–Trinajstić information content (AvgIpc) is 3.02. The molecule has 4 aromatic carbocycles. The second-order valence-corrected chi connectivity index (χ2v) is 9.98. The van der Waals surface area contributed by atoms with Crippen molar-refractivity contribution >= 4 is 46.9 Å². The zero-order valence-corrected chi connectivity index (χ0v) is 24.1. The summed E-state index contributed by atoms with van der Waals surface area (Å²) >= 11 is 1.34. The van der Waals surface area contributed by atoms with Crippen molar-refractivity contribution in [1.82, 2.24) is 5.32 Å². The minimum atomic E-state index is -0.495.